The number of fused-ring (bicyclic) bond motifs is 2. The van der Waals surface area contributed by atoms with Crippen LogP contribution in [-0.2, 0) is 16.6 Å². The van der Waals surface area contributed by atoms with E-state index in [9.17, 15) is 8.42 Å². The first-order valence-electron chi connectivity index (χ1n) is 10.3. The monoisotopic (exact) mass is 488 g/mol. The first-order chi connectivity index (χ1) is 15.8. The van der Waals surface area contributed by atoms with Gasteiger partial charge in [0.15, 0.2) is 33.6 Å². The van der Waals surface area contributed by atoms with Crippen LogP contribution in [0.1, 0.15) is 25.8 Å². The molecule has 1 aliphatic rings. The molecule has 0 fully saturated rings. The number of hydrogen-bond donors (Lipinski definition) is 2. The van der Waals surface area contributed by atoms with Crippen molar-refractivity contribution in [3.8, 4) is 23.8 Å². The molecular formula is C21H24N6O4S2. The minimum atomic E-state index is -3.39. The largest absolute Gasteiger partial charge is 0.454 e. The van der Waals surface area contributed by atoms with Crippen molar-refractivity contribution in [2.75, 3.05) is 24.8 Å². The molecule has 3 aromatic rings. The normalized spacial score (nSPS) is 13.0. The highest BCUT2D eigenvalue weighted by atomic mass is 32.2. The van der Waals surface area contributed by atoms with E-state index in [4.69, 9.17) is 21.6 Å². The maximum atomic E-state index is 12.3. The third kappa shape index (κ3) is 5.16. The Labute approximate surface area is 196 Å². The minimum Gasteiger partial charge on any atom is -0.454 e. The Balaban J connectivity index is 1.62. The van der Waals surface area contributed by atoms with Gasteiger partial charge in [0.1, 0.15) is 6.33 Å². The second-order valence-electron chi connectivity index (χ2n) is 7.84. The summed E-state index contributed by atoms with van der Waals surface area (Å²) in [4.78, 5) is 13.7. The molecule has 174 valence electrons. The average Bonchev–Trinajstić information content (AvgIpc) is 3.37. The maximum absolute atomic E-state index is 12.3. The van der Waals surface area contributed by atoms with Crippen LogP contribution in [0.5, 0.6) is 11.5 Å². The number of nitrogens with two attached hydrogens (primary N) is 1. The zero-order chi connectivity index (χ0) is 23.6. The fourth-order valence-electron chi connectivity index (χ4n) is 3.21. The molecule has 3 N–H and O–H groups in total. The highest BCUT2D eigenvalue weighted by Gasteiger charge is 2.21. The van der Waals surface area contributed by atoms with Crippen molar-refractivity contribution in [3.05, 3.63) is 24.0 Å². The molecule has 12 heteroatoms. The summed E-state index contributed by atoms with van der Waals surface area (Å²) in [5.41, 5.74) is 7.62. The van der Waals surface area contributed by atoms with Crippen molar-refractivity contribution in [2.45, 2.75) is 36.9 Å². The molecule has 1 aliphatic heterocycles. The number of ether oxygens (including phenoxy) is 2. The van der Waals surface area contributed by atoms with Gasteiger partial charge in [-0.05, 0) is 18.4 Å². The predicted octanol–water partition coefficient (Wildman–Crippen LogP) is 2.24. The van der Waals surface area contributed by atoms with Gasteiger partial charge in [0.25, 0.3) is 0 Å². The Morgan fingerprint density at radius 3 is 2.79 bits per heavy atom. The van der Waals surface area contributed by atoms with Gasteiger partial charge in [-0.2, -0.15) is 0 Å². The molecule has 0 spiro atoms. The average molecular weight is 489 g/mol. The van der Waals surface area contributed by atoms with E-state index >= 15 is 0 Å². The highest BCUT2D eigenvalue weighted by molar-refractivity contribution is 7.99. The molecule has 0 saturated heterocycles. The van der Waals surface area contributed by atoms with Crippen molar-refractivity contribution < 1.29 is 17.9 Å². The molecule has 4 rings (SSSR count). The van der Waals surface area contributed by atoms with Crippen molar-refractivity contribution >= 4 is 38.8 Å². The molecule has 0 unspecified atom stereocenters. The number of nitrogens with one attached hydrogen (secondary N) is 1. The molecule has 0 atom stereocenters. The molecule has 10 nitrogen and oxygen atoms in total. The van der Waals surface area contributed by atoms with Crippen LogP contribution >= 0.6 is 11.8 Å². The lowest BCUT2D eigenvalue weighted by Crippen LogP contribution is -2.30. The Bertz CT molecular complexity index is 1330. The lowest BCUT2D eigenvalue weighted by atomic mass is 10.2. The van der Waals surface area contributed by atoms with Gasteiger partial charge in [-0.25, -0.2) is 28.1 Å². The van der Waals surface area contributed by atoms with Crippen molar-refractivity contribution in [1.82, 2.24) is 24.2 Å². The third-order valence-electron chi connectivity index (χ3n) is 4.86. The smallest absolute Gasteiger partial charge is 0.231 e. The Kier molecular flexibility index (Phi) is 6.64. The zero-order valence-corrected chi connectivity index (χ0v) is 19.9. The van der Waals surface area contributed by atoms with Crippen LogP contribution in [0.15, 0.2) is 28.5 Å². The number of aryl methyl sites for hydroxylation is 1. The van der Waals surface area contributed by atoms with E-state index in [-0.39, 0.29) is 24.3 Å². The van der Waals surface area contributed by atoms with Crippen molar-refractivity contribution in [3.63, 3.8) is 0 Å². The number of imidazole rings is 1. The second kappa shape index (κ2) is 9.46. The van der Waals surface area contributed by atoms with Gasteiger partial charge >= 0.3 is 0 Å². The number of hydrogen-bond acceptors (Lipinski definition) is 9. The quantitative estimate of drug-likeness (QED) is 0.435. The van der Waals surface area contributed by atoms with Crippen LogP contribution in [0.4, 0.5) is 5.82 Å². The summed E-state index contributed by atoms with van der Waals surface area (Å²) in [6.07, 6.45) is 7.43. The number of terminal acetylenes is 1. The first kappa shape index (κ1) is 23.2. The van der Waals surface area contributed by atoms with Gasteiger partial charge in [0.2, 0.25) is 16.8 Å². The molecule has 0 bridgehead atoms. The summed E-state index contributed by atoms with van der Waals surface area (Å²) in [6.45, 7) is 4.81. The molecule has 0 saturated carbocycles. The van der Waals surface area contributed by atoms with Gasteiger partial charge in [0.05, 0.1) is 5.75 Å². The van der Waals surface area contributed by atoms with Crippen LogP contribution < -0.4 is 19.9 Å². The number of rotatable bonds is 9. The van der Waals surface area contributed by atoms with Crippen LogP contribution in [0, 0.1) is 18.3 Å². The van der Waals surface area contributed by atoms with E-state index in [0.717, 1.165) is 4.90 Å². The Morgan fingerprint density at radius 2 is 2.06 bits per heavy atom. The van der Waals surface area contributed by atoms with E-state index in [1.54, 1.807) is 12.1 Å². The van der Waals surface area contributed by atoms with Gasteiger partial charge < -0.3 is 19.8 Å². The van der Waals surface area contributed by atoms with Crippen LogP contribution in [0.2, 0.25) is 0 Å². The number of anilines is 1. The Morgan fingerprint density at radius 1 is 1.30 bits per heavy atom. The summed E-state index contributed by atoms with van der Waals surface area (Å²) in [5, 5.41) is 0.570. The Hall–Kier alpha value is -3.01. The van der Waals surface area contributed by atoms with Crippen LogP contribution in [0.25, 0.3) is 11.2 Å². The van der Waals surface area contributed by atoms with E-state index in [1.807, 2.05) is 18.4 Å². The lowest BCUT2D eigenvalue weighted by Gasteiger charge is -2.11. The number of benzene rings is 1. The van der Waals surface area contributed by atoms with Crippen molar-refractivity contribution in [1.29, 1.82) is 0 Å². The second-order valence-corrected chi connectivity index (χ2v) is 10.8. The zero-order valence-electron chi connectivity index (χ0n) is 18.2. The number of nitrogens with zero attached hydrogens (tertiary/aromatic N) is 4. The topological polar surface area (TPSA) is 134 Å². The standard InChI is InChI=1S/C21H24N6O4S2/c1-4-14-8-15-16(31-12-30-15)9-17(14)32-21-26-18-19(22)23-11-24-20(18)27(21)6-5-7-33(28,29)25-10-13(2)3/h1,8-9,11,13,25H,5-7,10,12H2,2-3H3,(H2,22,23,24). The summed E-state index contributed by atoms with van der Waals surface area (Å²) < 4.78 is 40.0. The van der Waals surface area contributed by atoms with Gasteiger partial charge in [-0.1, -0.05) is 31.5 Å². The molecule has 3 heterocycles. The van der Waals surface area contributed by atoms with Gasteiger partial charge in [-0.15, -0.1) is 6.42 Å². The van der Waals surface area contributed by atoms with E-state index in [2.05, 4.69) is 25.6 Å². The minimum absolute atomic E-state index is 0.0241. The molecule has 2 aromatic heterocycles. The van der Waals surface area contributed by atoms with Crippen molar-refractivity contribution in [2.24, 2.45) is 5.92 Å². The highest BCUT2D eigenvalue weighted by Crippen LogP contribution is 2.41. The molecule has 33 heavy (non-hydrogen) atoms. The predicted molar refractivity (Wildman–Crippen MR) is 126 cm³/mol. The molecule has 0 amide bonds. The summed E-state index contributed by atoms with van der Waals surface area (Å²) >= 11 is 1.32. The molecule has 0 radical (unpaired) electrons. The molecule has 0 aliphatic carbocycles. The summed E-state index contributed by atoms with van der Waals surface area (Å²) in [7, 11) is -3.39. The van der Waals surface area contributed by atoms with Gasteiger partial charge in [-0.3, -0.25) is 0 Å². The van der Waals surface area contributed by atoms with Crippen LogP contribution in [0.3, 0.4) is 0 Å². The maximum Gasteiger partial charge on any atom is 0.231 e. The van der Waals surface area contributed by atoms with E-state index in [1.165, 1.54) is 18.1 Å². The molecular weight excluding hydrogens is 464 g/mol. The fourth-order valence-corrected chi connectivity index (χ4v) is 5.47. The SMILES string of the molecule is C#Cc1cc2c(cc1Sc1nc3c(N)ncnc3n1CCCS(=O)(=O)NCC(C)C)OCO2. The fraction of sp³-hybridized carbons (Fsp3) is 0.381. The number of aromatic nitrogens is 4. The molecule has 1 aromatic carbocycles. The van der Waals surface area contributed by atoms with Crippen LogP contribution in [-0.4, -0.2) is 47.0 Å². The van der Waals surface area contributed by atoms with E-state index in [0.29, 0.717) is 52.9 Å². The summed E-state index contributed by atoms with van der Waals surface area (Å²) in [5.74, 6) is 4.30. The van der Waals surface area contributed by atoms with E-state index < -0.39 is 10.0 Å². The number of nitrogen functional groups attached to an aromatic ring is 1. The first-order valence-corrected chi connectivity index (χ1v) is 12.8. The summed E-state index contributed by atoms with van der Waals surface area (Å²) in [6, 6.07) is 3.56. The third-order valence-corrected chi connectivity index (χ3v) is 7.35. The lowest BCUT2D eigenvalue weighted by molar-refractivity contribution is 0.174. The van der Waals surface area contributed by atoms with Gasteiger partial charge in [0, 0.05) is 29.6 Å². The number of sulfonamides is 1.